The molecule has 2 aromatic carbocycles. The Kier molecular flexibility index (Phi) is 10.1. The number of fused-ring (bicyclic) bond motifs is 3. The highest BCUT2D eigenvalue weighted by atomic mass is 28.4. The molecule has 0 N–H and O–H groups in total. The highest BCUT2D eigenvalue weighted by molar-refractivity contribution is 6.99. The predicted molar refractivity (Wildman–Crippen MR) is 196 cm³/mol. The first-order chi connectivity index (χ1) is 21.9. The summed E-state index contributed by atoms with van der Waals surface area (Å²) in [6.07, 6.45) is 5.66. The number of hydrogen-bond acceptors (Lipinski definition) is 5. The van der Waals surface area contributed by atoms with Crippen LogP contribution in [-0.2, 0) is 23.2 Å². The van der Waals surface area contributed by atoms with Crippen LogP contribution in [0.15, 0.2) is 72.8 Å². The number of ether oxygens (including phenoxy) is 1. The first-order valence-electron chi connectivity index (χ1n) is 17.7. The van der Waals surface area contributed by atoms with Crippen molar-refractivity contribution in [3.8, 4) is 0 Å². The maximum atomic E-state index is 13.2. The summed E-state index contributed by atoms with van der Waals surface area (Å²) in [5.74, 6) is 0.355. The second kappa shape index (κ2) is 13.2. The lowest BCUT2D eigenvalue weighted by molar-refractivity contribution is -0.143. The van der Waals surface area contributed by atoms with Gasteiger partial charge in [0.15, 0.2) is 8.32 Å². The SMILES string of the molecule is COC(=O)C[C@H]1[C@@H]2[C@@H]3[C@H](C=C[C@H]2C[C@H]1C(C)=O)[C@@H](O[Si](C)(C)C(C)(C)C)[C@H](C)[C@H]3O[Si](c1ccccc1)(c1ccccc1)C(C)(C)C. The Balaban J connectivity index is 1.71. The molecule has 3 aliphatic rings. The van der Waals surface area contributed by atoms with E-state index in [0.29, 0.717) is 0 Å². The summed E-state index contributed by atoms with van der Waals surface area (Å²) in [5, 5.41) is 2.40. The molecule has 0 radical (unpaired) electrons. The third-order valence-electron chi connectivity index (χ3n) is 12.4. The van der Waals surface area contributed by atoms with Gasteiger partial charge in [-0.15, -0.1) is 0 Å². The minimum absolute atomic E-state index is 0.0172. The quantitative estimate of drug-likeness (QED) is 0.154. The summed E-state index contributed by atoms with van der Waals surface area (Å²) in [5.41, 5.74) is 0. The lowest BCUT2D eigenvalue weighted by atomic mass is 9.68. The maximum absolute atomic E-state index is 13.2. The number of rotatable bonds is 9. The molecule has 3 aliphatic carbocycles. The Hall–Kier alpha value is -2.33. The first-order valence-corrected chi connectivity index (χ1v) is 22.5. The topological polar surface area (TPSA) is 61.8 Å². The largest absolute Gasteiger partial charge is 0.469 e. The number of esters is 1. The molecule has 0 heterocycles. The van der Waals surface area contributed by atoms with Gasteiger partial charge >= 0.3 is 5.97 Å². The van der Waals surface area contributed by atoms with Gasteiger partial charge in [0.2, 0.25) is 0 Å². The van der Waals surface area contributed by atoms with Gasteiger partial charge in [0.25, 0.3) is 8.32 Å². The summed E-state index contributed by atoms with van der Waals surface area (Å²) in [6.45, 7) is 22.7. The van der Waals surface area contributed by atoms with Crippen LogP contribution in [0.3, 0.4) is 0 Å². The Bertz CT molecular complexity index is 1400. The number of hydrogen-bond donors (Lipinski definition) is 0. The van der Waals surface area contributed by atoms with E-state index < -0.39 is 16.6 Å². The zero-order valence-corrected chi connectivity index (χ0v) is 32.6. The van der Waals surface area contributed by atoms with Crippen LogP contribution in [-0.4, -0.2) is 47.7 Å². The van der Waals surface area contributed by atoms with Crippen molar-refractivity contribution in [2.75, 3.05) is 7.11 Å². The number of carbonyl (C=O) groups is 2. The zero-order valence-electron chi connectivity index (χ0n) is 30.6. The number of carbonyl (C=O) groups excluding carboxylic acids is 2. The molecule has 0 unspecified atom stereocenters. The summed E-state index contributed by atoms with van der Waals surface area (Å²) in [7, 11) is -3.63. The molecule has 9 atom stereocenters. The van der Waals surface area contributed by atoms with Crippen molar-refractivity contribution in [2.24, 2.45) is 41.4 Å². The molecule has 2 saturated carbocycles. The third-order valence-corrected chi connectivity index (χ3v) is 21.9. The molecule has 0 bridgehead atoms. The van der Waals surface area contributed by atoms with Crippen molar-refractivity contribution < 1.29 is 23.2 Å². The fourth-order valence-electron chi connectivity index (χ4n) is 9.10. The Labute approximate surface area is 286 Å². The second-order valence-corrected chi connectivity index (χ2v) is 26.1. The zero-order chi connectivity index (χ0) is 34.5. The molecule has 0 saturated heterocycles. The first kappa shape index (κ1) is 36.0. The molecule has 5 nitrogen and oxygen atoms in total. The molecule has 256 valence electrons. The fourth-order valence-corrected chi connectivity index (χ4v) is 15.3. The van der Waals surface area contributed by atoms with Gasteiger partial charge in [-0.1, -0.05) is 121 Å². The summed E-state index contributed by atoms with van der Waals surface area (Å²) in [4.78, 5) is 26.1. The van der Waals surface area contributed by atoms with Crippen LogP contribution >= 0.6 is 0 Å². The van der Waals surface area contributed by atoms with E-state index in [-0.39, 0.29) is 81.9 Å². The van der Waals surface area contributed by atoms with Crippen LogP contribution in [0.1, 0.15) is 68.2 Å². The summed E-state index contributed by atoms with van der Waals surface area (Å²) < 4.78 is 20.7. The molecule has 2 fully saturated rings. The van der Waals surface area contributed by atoms with Gasteiger partial charge < -0.3 is 13.6 Å². The van der Waals surface area contributed by atoms with Gasteiger partial charge in [0, 0.05) is 24.2 Å². The van der Waals surface area contributed by atoms with Crippen LogP contribution in [0, 0.1) is 41.4 Å². The van der Waals surface area contributed by atoms with E-state index in [4.69, 9.17) is 13.6 Å². The molecule has 0 amide bonds. The Morgan fingerprint density at radius 3 is 1.81 bits per heavy atom. The average Bonchev–Trinajstić information content (AvgIpc) is 3.49. The molecular weight excluding hydrogens is 617 g/mol. The highest BCUT2D eigenvalue weighted by Crippen LogP contribution is 2.60. The van der Waals surface area contributed by atoms with E-state index in [1.165, 1.54) is 17.5 Å². The minimum Gasteiger partial charge on any atom is -0.469 e. The van der Waals surface area contributed by atoms with E-state index in [1.807, 2.05) is 0 Å². The van der Waals surface area contributed by atoms with Crippen molar-refractivity contribution >= 4 is 38.8 Å². The molecule has 2 aromatic rings. The second-order valence-electron chi connectivity index (χ2n) is 17.1. The van der Waals surface area contributed by atoms with E-state index in [0.717, 1.165) is 6.42 Å². The predicted octanol–water partition coefficient (Wildman–Crippen LogP) is 7.79. The Morgan fingerprint density at radius 1 is 0.787 bits per heavy atom. The number of ketones is 1. The van der Waals surface area contributed by atoms with Crippen molar-refractivity contribution in [3.05, 3.63) is 72.8 Å². The number of allylic oxidation sites excluding steroid dienone is 1. The number of methoxy groups -OCH3 is 1. The molecule has 0 spiro atoms. The molecule has 47 heavy (non-hydrogen) atoms. The highest BCUT2D eigenvalue weighted by Gasteiger charge is 2.63. The number of benzene rings is 2. The summed E-state index contributed by atoms with van der Waals surface area (Å²) in [6, 6.07) is 21.8. The third kappa shape index (κ3) is 6.42. The lowest BCUT2D eigenvalue weighted by Gasteiger charge is -2.48. The minimum atomic E-state index is -2.93. The van der Waals surface area contributed by atoms with Crippen LogP contribution in [0.5, 0.6) is 0 Å². The van der Waals surface area contributed by atoms with Crippen LogP contribution < -0.4 is 10.4 Å². The van der Waals surface area contributed by atoms with Crippen molar-refractivity contribution in [1.82, 2.24) is 0 Å². The lowest BCUT2D eigenvalue weighted by Crippen LogP contribution is -2.68. The van der Waals surface area contributed by atoms with E-state index >= 15 is 0 Å². The van der Waals surface area contributed by atoms with Gasteiger partial charge in [-0.3, -0.25) is 9.59 Å². The van der Waals surface area contributed by atoms with Gasteiger partial charge in [-0.2, -0.15) is 0 Å². The monoisotopic (exact) mass is 674 g/mol. The van der Waals surface area contributed by atoms with Gasteiger partial charge in [0.1, 0.15) is 5.78 Å². The van der Waals surface area contributed by atoms with Crippen LogP contribution in [0.25, 0.3) is 0 Å². The summed E-state index contributed by atoms with van der Waals surface area (Å²) >= 11 is 0. The smallest absolute Gasteiger partial charge is 0.305 e. The van der Waals surface area contributed by atoms with Crippen LogP contribution in [0.2, 0.25) is 23.2 Å². The van der Waals surface area contributed by atoms with Gasteiger partial charge in [-0.25, -0.2) is 0 Å². The molecule has 5 rings (SSSR count). The number of Topliss-reactive ketones (excluding diaryl/α,β-unsaturated/α-hetero) is 1. The van der Waals surface area contributed by atoms with E-state index in [9.17, 15) is 9.59 Å². The molecule has 0 aliphatic heterocycles. The van der Waals surface area contributed by atoms with Crippen LogP contribution in [0.4, 0.5) is 0 Å². The van der Waals surface area contributed by atoms with E-state index in [1.54, 1.807) is 6.92 Å². The average molecular weight is 675 g/mol. The van der Waals surface area contributed by atoms with E-state index in [2.05, 4.69) is 134 Å². The van der Waals surface area contributed by atoms with Gasteiger partial charge in [0.05, 0.1) is 19.3 Å². The fraction of sp³-hybridized carbons (Fsp3) is 0.600. The standard InChI is InChI=1S/C40H58O5Si2/c1-26-37(44-46(10,11)39(3,4)5)31-23-22-28-24-32(27(2)41)33(25-34(42)43-9)35(28)36(31)38(26)45-47(40(6,7)8,29-18-14-12-15-19-29)30-20-16-13-17-21-30/h12-23,26,28,31-33,35-38H,24-25H2,1-11H3/t26-,28-,31-,32-,33+,35+,36-,37-,38+/m0/s1. The molecule has 7 heteroatoms. The Morgan fingerprint density at radius 2 is 1.34 bits per heavy atom. The maximum Gasteiger partial charge on any atom is 0.305 e. The van der Waals surface area contributed by atoms with Crippen molar-refractivity contribution in [3.63, 3.8) is 0 Å². The van der Waals surface area contributed by atoms with Crippen molar-refractivity contribution in [1.29, 1.82) is 0 Å². The van der Waals surface area contributed by atoms with Crippen molar-refractivity contribution in [2.45, 2.75) is 104 Å². The van der Waals surface area contributed by atoms with Gasteiger partial charge in [-0.05, 0) is 70.6 Å². The molecular formula is C40H58O5Si2. The molecule has 0 aromatic heterocycles. The normalized spacial score (nSPS) is 30.9.